The highest BCUT2D eigenvalue weighted by Crippen LogP contribution is 2.13. The third-order valence-electron chi connectivity index (χ3n) is 1.46. The minimum absolute atomic E-state index is 0.203. The van der Waals surface area contributed by atoms with Gasteiger partial charge >= 0.3 is 8.25 Å². The maximum absolute atomic E-state index is 10.1. The first-order chi connectivity index (χ1) is 6.79. The summed E-state index contributed by atoms with van der Waals surface area (Å²) < 4.78 is 14.6. The summed E-state index contributed by atoms with van der Waals surface area (Å²) in [4.78, 5) is 8.34. The van der Waals surface area contributed by atoms with E-state index in [0.29, 0.717) is 6.42 Å². The standard InChI is InChI=1S/C10H11O3P/c11-14(12)13-9-5-4-8-10-6-2-1-3-7-10/h1-3,6-7,14H,5,9H2,(H,11,12). The van der Waals surface area contributed by atoms with Crippen molar-refractivity contribution in [3.8, 4) is 11.8 Å². The Morgan fingerprint density at radius 3 is 2.71 bits per heavy atom. The molecule has 1 atom stereocenters. The molecule has 0 saturated carbocycles. The van der Waals surface area contributed by atoms with Crippen molar-refractivity contribution >= 4 is 8.25 Å². The molecule has 0 fully saturated rings. The van der Waals surface area contributed by atoms with E-state index in [1.54, 1.807) is 0 Å². The molecule has 1 N–H and O–H groups in total. The van der Waals surface area contributed by atoms with Crippen molar-refractivity contribution in [3.05, 3.63) is 35.9 Å². The largest absolute Gasteiger partial charge is 0.326 e. The van der Waals surface area contributed by atoms with E-state index in [2.05, 4.69) is 16.4 Å². The first-order valence-corrected chi connectivity index (χ1v) is 5.45. The van der Waals surface area contributed by atoms with Crippen LogP contribution in [0.5, 0.6) is 0 Å². The Bertz CT molecular complexity index is 351. The van der Waals surface area contributed by atoms with E-state index in [-0.39, 0.29) is 6.61 Å². The van der Waals surface area contributed by atoms with Gasteiger partial charge in [0, 0.05) is 12.0 Å². The van der Waals surface area contributed by atoms with Crippen LogP contribution in [0.2, 0.25) is 0 Å². The molecule has 0 aromatic heterocycles. The lowest BCUT2D eigenvalue weighted by molar-refractivity contribution is 0.289. The van der Waals surface area contributed by atoms with Crippen molar-refractivity contribution in [1.29, 1.82) is 0 Å². The Morgan fingerprint density at radius 1 is 1.36 bits per heavy atom. The van der Waals surface area contributed by atoms with Crippen LogP contribution in [0.25, 0.3) is 0 Å². The number of rotatable bonds is 3. The molecule has 14 heavy (non-hydrogen) atoms. The zero-order valence-corrected chi connectivity index (χ0v) is 8.56. The Labute approximate surface area is 83.7 Å². The minimum atomic E-state index is -2.80. The Kier molecular flexibility index (Phi) is 5.03. The molecule has 0 aliphatic heterocycles. The maximum Gasteiger partial charge on any atom is 0.316 e. The van der Waals surface area contributed by atoms with Crippen molar-refractivity contribution in [2.24, 2.45) is 0 Å². The molecule has 0 aliphatic rings. The van der Waals surface area contributed by atoms with E-state index in [1.807, 2.05) is 30.3 Å². The van der Waals surface area contributed by atoms with Gasteiger partial charge in [-0.15, -0.1) is 0 Å². The third kappa shape index (κ3) is 4.84. The van der Waals surface area contributed by atoms with Crippen LogP contribution in [0.15, 0.2) is 30.3 Å². The predicted molar refractivity (Wildman–Crippen MR) is 55.1 cm³/mol. The molecular weight excluding hydrogens is 199 g/mol. The molecule has 4 heteroatoms. The Morgan fingerprint density at radius 2 is 2.07 bits per heavy atom. The topological polar surface area (TPSA) is 46.5 Å². The van der Waals surface area contributed by atoms with Crippen LogP contribution in [-0.2, 0) is 9.09 Å². The first kappa shape index (κ1) is 11.0. The van der Waals surface area contributed by atoms with Gasteiger partial charge in [0.05, 0.1) is 6.61 Å². The van der Waals surface area contributed by atoms with Gasteiger partial charge < -0.3 is 9.42 Å². The van der Waals surface area contributed by atoms with Crippen LogP contribution >= 0.6 is 8.25 Å². The average Bonchev–Trinajstić information content (AvgIpc) is 2.18. The summed E-state index contributed by atoms with van der Waals surface area (Å²) in [6, 6.07) is 9.55. The molecule has 1 rings (SSSR count). The molecule has 1 unspecified atom stereocenters. The van der Waals surface area contributed by atoms with Gasteiger partial charge in [0.2, 0.25) is 0 Å². The molecule has 0 spiro atoms. The maximum atomic E-state index is 10.1. The fourth-order valence-electron chi connectivity index (χ4n) is 0.875. The van der Waals surface area contributed by atoms with Crippen molar-refractivity contribution < 1.29 is 14.0 Å². The summed E-state index contributed by atoms with van der Waals surface area (Å²) >= 11 is 0. The molecule has 74 valence electrons. The van der Waals surface area contributed by atoms with Crippen LogP contribution < -0.4 is 0 Å². The molecule has 0 saturated heterocycles. The summed E-state index contributed by atoms with van der Waals surface area (Å²) in [5.41, 5.74) is 0.934. The van der Waals surface area contributed by atoms with Gasteiger partial charge in [-0.1, -0.05) is 30.0 Å². The fraction of sp³-hybridized carbons (Fsp3) is 0.200. The molecule has 0 bridgehead atoms. The molecule has 1 aromatic rings. The summed E-state index contributed by atoms with van der Waals surface area (Å²) in [5.74, 6) is 5.76. The number of hydrogen-bond acceptors (Lipinski definition) is 2. The molecule has 0 aliphatic carbocycles. The normalized spacial score (nSPS) is 11.5. The second-order valence-electron chi connectivity index (χ2n) is 2.53. The van der Waals surface area contributed by atoms with Gasteiger partial charge in [0.15, 0.2) is 0 Å². The van der Waals surface area contributed by atoms with Gasteiger partial charge in [-0.25, -0.2) is 0 Å². The van der Waals surface area contributed by atoms with Crippen LogP contribution in [-0.4, -0.2) is 11.5 Å². The summed E-state index contributed by atoms with van der Waals surface area (Å²) in [6.07, 6.45) is 0.464. The van der Waals surface area contributed by atoms with Crippen LogP contribution in [0, 0.1) is 11.8 Å². The summed E-state index contributed by atoms with van der Waals surface area (Å²) in [7, 11) is -2.80. The molecule has 0 heterocycles. The number of hydrogen-bond donors (Lipinski definition) is 1. The van der Waals surface area contributed by atoms with Crippen LogP contribution in [0.4, 0.5) is 0 Å². The summed E-state index contributed by atoms with van der Waals surface area (Å²) in [5, 5.41) is 0. The highest BCUT2D eigenvalue weighted by atomic mass is 31.1. The van der Waals surface area contributed by atoms with Gasteiger partial charge in [0.1, 0.15) is 0 Å². The van der Waals surface area contributed by atoms with Crippen LogP contribution in [0.1, 0.15) is 12.0 Å². The summed E-state index contributed by atoms with van der Waals surface area (Å²) in [6.45, 7) is 0.203. The molecule has 1 aromatic carbocycles. The van der Waals surface area contributed by atoms with E-state index >= 15 is 0 Å². The van der Waals surface area contributed by atoms with E-state index in [0.717, 1.165) is 5.56 Å². The van der Waals surface area contributed by atoms with Gasteiger partial charge in [-0.05, 0) is 12.1 Å². The lowest BCUT2D eigenvalue weighted by atomic mass is 10.2. The smallest absolute Gasteiger partial charge is 0.316 e. The fourth-order valence-corrected chi connectivity index (χ4v) is 1.15. The highest BCUT2D eigenvalue weighted by Gasteiger charge is 1.88. The van der Waals surface area contributed by atoms with E-state index in [4.69, 9.17) is 4.89 Å². The third-order valence-corrected chi connectivity index (χ3v) is 1.91. The Hall–Kier alpha value is -1.07. The van der Waals surface area contributed by atoms with Crippen molar-refractivity contribution in [1.82, 2.24) is 0 Å². The molecular formula is C10H11O3P. The molecule has 3 nitrogen and oxygen atoms in total. The second-order valence-corrected chi connectivity index (χ2v) is 3.35. The molecule has 0 radical (unpaired) electrons. The monoisotopic (exact) mass is 210 g/mol. The predicted octanol–water partition coefficient (Wildman–Crippen LogP) is 1.83. The van der Waals surface area contributed by atoms with Gasteiger partial charge in [-0.2, -0.15) is 0 Å². The second kappa shape index (κ2) is 6.39. The van der Waals surface area contributed by atoms with Crippen LogP contribution in [0.3, 0.4) is 0 Å². The first-order valence-electron chi connectivity index (χ1n) is 4.18. The lowest BCUT2D eigenvalue weighted by Gasteiger charge is -1.92. The van der Waals surface area contributed by atoms with E-state index < -0.39 is 8.25 Å². The lowest BCUT2D eigenvalue weighted by Crippen LogP contribution is -1.83. The van der Waals surface area contributed by atoms with Gasteiger partial charge in [-0.3, -0.25) is 4.57 Å². The zero-order chi connectivity index (χ0) is 10.2. The van der Waals surface area contributed by atoms with E-state index in [1.165, 1.54) is 0 Å². The van der Waals surface area contributed by atoms with E-state index in [9.17, 15) is 4.57 Å². The quantitative estimate of drug-likeness (QED) is 0.470. The average molecular weight is 210 g/mol. The zero-order valence-electron chi connectivity index (χ0n) is 7.56. The molecule has 0 amide bonds. The highest BCUT2D eigenvalue weighted by molar-refractivity contribution is 7.32. The van der Waals surface area contributed by atoms with Gasteiger partial charge in [0.25, 0.3) is 0 Å². The van der Waals surface area contributed by atoms with Crippen molar-refractivity contribution in [2.45, 2.75) is 6.42 Å². The minimum Gasteiger partial charge on any atom is -0.326 e. The Balaban J connectivity index is 2.31. The van der Waals surface area contributed by atoms with Crippen molar-refractivity contribution in [2.75, 3.05) is 6.61 Å². The van der Waals surface area contributed by atoms with Crippen molar-refractivity contribution in [3.63, 3.8) is 0 Å². The number of benzene rings is 1. The SMILES string of the molecule is O=[PH](O)OCCC#Cc1ccccc1.